The lowest BCUT2D eigenvalue weighted by atomic mass is 10.0. The van der Waals surface area contributed by atoms with Gasteiger partial charge in [-0.25, -0.2) is 13.6 Å². The summed E-state index contributed by atoms with van der Waals surface area (Å²) in [5.41, 5.74) is 0.285. The van der Waals surface area contributed by atoms with Gasteiger partial charge in [-0.2, -0.15) is 0 Å². The van der Waals surface area contributed by atoms with Crippen LogP contribution in [0.25, 0.3) is 0 Å². The Hall–Kier alpha value is -3.29. The summed E-state index contributed by atoms with van der Waals surface area (Å²) in [6.07, 6.45) is 0.193. The van der Waals surface area contributed by atoms with Crippen LogP contribution >= 0.6 is 0 Å². The minimum absolute atomic E-state index is 0.148. The van der Waals surface area contributed by atoms with Crippen molar-refractivity contribution in [3.8, 4) is 0 Å². The van der Waals surface area contributed by atoms with Crippen LogP contribution in [-0.2, 0) is 32.1 Å². The average molecular weight is 446 g/mol. The Morgan fingerprint density at radius 1 is 0.938 bits per heavy atom. The number of nitrogens with one attached hydrogen (secondary N) is 2. The second-order valence-electron chi connectivity index (χ2n) is 8.50. The van der Waals surface area contributed by atoms with Crippen molar-refractivity contribution in [1.82, 2.24) is 10.6 Å². The van der Waals surface area contributed by atoms with Crippen molar-refractivity contribution in [2.75, 3.05) is 0 Å². The molecule has 0 fully saturated rings. The highest BCUT2D eigenvalue weighted by atomic mass is 19.1. The summed E-state index contributed by atoms with van der Waals surface area (Å²) in [6.45, 7) is 6.39. The van der Waals surface area contributed by atoms with Crippen molar-refractivity contribution in [2.45, 2.75) is 52.3 Å². The van der Waals surface area contributed by atoms with Crippen LogP contribution < -0.4 is 10.6 Å². The Bertz CT molecular complexity index is 938. The van der Waals surface area contributed by atoms with E-state index < -0.39 is 47.0 Å². The molecule has 32 heavy (non-hydrogen) atoms. The van der Waals surface area contributed by atoms with Crippen molar-refractivity contribution in [3.63, 3.8) is 0 Å². The quantitative estimate of drug-likeness (QED) is 0.482. The van der Waals surface area contributed by atoms with Gasteiger partial charge in [0.1, 0.15) is 29.2 Å². The van der Waals surface area contributed by atoms with Gasteiger partial charge in [0.25, 0.3) is 0 Å². The van der Waals surface area contributed by atoms with Crippen molar-refractivity contribution >= 4 is 17.8 Å². The summed E-state index contributed by atoms with van der Waals surface area (Å²) in [7, 11) is 0. The van der Waals surface area contributed by atoms with Gasteiger partial charge in [-0.05, 0) is 51.0 Å². The largest absolute Gasteiger partial charge is 0.458 e. The Balaban J connectivity index is 2.04. The van der Waals surface area contributed by atoms with Crippen LogP contribution in [0.15, 0.2) is 48.5 Å². The summed E-state index contributed by atoms with van der Waals surface area (Å²) in [5, 5.41) is 5.07. The van der Waals surface area contributed by atoms with Crippen molar-refractivity contribution in [2.24, 2.45) is 5.92 Å². The Morgan fingerprint density at radius 2 is 1.53 bits per heavy atom. The second kappa shape index (κ2) is 10.8. The number of carbonyl (C=O) groups is 3. The molecule has 0 heterocycles. The van der Waals surface area contributed by atoms with Gasteiger partial charge < -0.3 is 15.4 Å². The third-order valence-electron chi connectivity index (χ3n) is 4.47. The minimum Gasteiger partial charge on any atom is -0.458 e. The molecule has 172 valence electrons. The fourth-order valence-electron chi connectivity index (χ4n) is 2.89. The number of amides is 2. The van der Waals surface area contributed by atoms with Crippen LogP contribution in [0.2, 0.25) is 0 Å². The maximum absolute atomic E-state index is 13.3. The predicted molar refractivity (Wildman–Crippen MR) is 115 cm³/mol. The van der Waals surface area contributed by atoms with Gasteiger partial charge in [-0.3, -0.25) is 9.59 Å². The SMILES string of the molecule is C[C@@H](C(=O)NCc1cc(F)cc(F)c1)C(=O)N[C@@H](Cc1ccccc1)C(=O)OC(C)(C)C. The van der Waals surface area contributed by atoms with Gasteiger partial charge in [0.05, 0.1) is 0 Å². The summed E-state index contributed by atoms with van der Waals surface area (Å²) < 4.78 is 32.0. The Labute approximate surface area is 186 Å². The number of benzene rings is 2. The standard InChI is InChI=1S/C24H28F2N2O4/c1-15(21(29)27-14-17-10-18(25)13-19(26)11-17)22(30)28-20(23(31)32-24(2,3)4)12-16-8-6-5-7-9-16/h5-11,13,15,20H,12,14H2,1-4H3,(H,27,29)(H,28,30)/t15-,20-/m0/s1. The number of hydrogen-bond acceptors (Lipinski definition) is 4. The highest BCUT2D eigenvalue weighted by Crippen LogP contribution is 2.13. The highest BCUT2D eigenvalue weighted by molar-refractivity contribution is 6.01. The van der Waals surface area contributed by atoms with Crippen molar-refractivity contribution < 1.29 is 27.9 Å². The first kappa shape index (κ1) is 25.0. The molecule has 6 nitrogen and oxygen atoms in total. The average Bonchev–Trinajstić information content (AvgIpc) is 2.69. The topological polar surface area (TPSA) is 84.5 Å². The van der Waals surface area contributed by atoms with Crippen LogP contribution in [0.5, 0.6) is 0 Å². The first-order valence-electron chi connectivity index (χ1n) is 10.2. The maximum atomic E-state index is 13.3. The molecule has 2 aromatic carbocycles. The van der Waals surface area contributed by atoms with Gasteiger partial charge in [0.2, 0.25) is 11.8 Å². The van der Waals surface area contributed by atoms with Crippen LogP contribution in [0.1, 0.15) is 38.8 Å². The molecule has 0 bridgehead atoms. The van der Waals surface area contributed by atoms with E-state index in [1.807, 2.05) is 30.3 Å². The van der Waals surface area contributed by atoms with Crippen LogP contribution in [0.3, 0.4) is 0 Å². The van der Waals surface area contributed by atoms with Gasteiger partial charge >= 0.3 is 5.97 Å². The summed E-state index contributed by atoms with van der Waals surface area (Å²) in [5.74, 6) is -4.59. The van der Waals surface area contributed by atoms with Crippen LogP contribution in [-0.4, -0.2) is 29.4 Å². The molecule has 0 unspecified atom stereocenters. The molecular formula is C24H28F2N2O4. The molecule has 0 aliphatic carbocycles. The fraction of sp³-hybridized carbons (Fsp3) is 0.375. The summed E-state index contributed by atoms with van der Waals surface area (Å²) >= 11 is 0. The zero-order valence-corrected chi connectivity index (χ0v) is 18.6. The predicted octanol–water partition coefficient (Wildman–Crippen LogP) is 3.29. The van der Waals surface area contributed by atoms with Crippen LogP contribution in [0.4, 0.5) is 8.78 Å². The Morgan fingerprint density at radius 3 is 2.09 bits per heavy atom. The van der Waals surface area contributed by atoms with Crippen molar-refractivity contribution in [1.29, 1.82) is 0 Å². The molecule has 2 atom stereocenters. The third kappa shape index (κ3) is 8.09. The number of esters is 1. The van der Waals surface area contributed by atoms with E-state index in [1.54, 1.807) is 20.8 Å². The normalized spacial score (nSPS) is 13.1. The van der Waals surface area contributed by atoms with Gasteiger partial charge in [0, 0.05) is 19.0 Å². The van der Waals surface area contributed by atoms with E-state index in [0.29, 0.717) is 0 Å². The van der Waals surface area contributed by atoms with E-state index in [-0.39, 0.29) is 18.5 Å². The molecule has 0 spiro atoms. The molecule has 0 aliphatic rings. The molecule has 2 N–H and O–H groups in total. The highest BCUT2D eigenvalue weighted by Gasteiger charge is 2.30. The first-order valence-corrected chi connectivity index (χ1v) is 10.2. The van der Waals surface area contributed by atoms with E-state index in [9.17, 15) is 23.2 Å². The number of halogens is 2. The summed E-state index contributed by atoms with van der Waals surface area (Å²) in [4.78, 5) is 37.7. The molecule has 0 aliphatic heterocycles. The van der Waals surface area contributed by atoms with E-state index in [0.717, 1.165) is 23.8 Å². The number of carbonyl (C=O) groups excluding carboxylic acids is 3. The smallest absolute Gasteiger partial charge is 0.329 e. The first-order chi connectivity index (χ1) is 14.9. The zero-order valence-electron chi connectivity index (χ0n) is 18.6. The minimum atomic E-state index is -1.14. The molecule has 0 radical (unpaired) electrons. The van der Waals surface area contributed by atoms with E-state index >= 15 is 0 Å². The molecule has 0 saturated carbocycles. The van der Waals surface area contributed by atoms with Gasteiger partial charge in [-0.15, -0.1) is 0 Å². The third-order valence-corrected chi connectivity index (χ3v) is 4.47. The molecule has 0 aromatic heterocycles. The van der Waals surface area contributed by atoms with E-state index in [4.69, 9.17) is 4.74 Å². The monoisotopic (exact) mass is 446 g/mol. The molecular weight excluding hydrogens is 418 g/mol. The van der Waals surface area contributed by atoms with Gasteiger partial charge in [-0.1, -0.05) is 30.3 Å². The lowest BCUT2D eigenvalue weighted by Crippen LogP contribution is -2.49. The van der Waals surface area contributed by atoms with Gasteiger partial charge in [0.15, 0.2) is 0 Å². The molecule has 2 aromatic rings. The molecule has 8 heteroatoms. The van der Waals surface area contributed by atoms with E-state index in [1.165, 1.54) is 6.92 Å². The zero-order chi connectivity index (χ0) is 23.9. The number of hydrogen-bond donors (Lipinski definition) is 2. The fourth-order valence-corrected chi connectivity index (χ4v) is 2.89. The van der Waals surface area contributed by atoms with Crippen LogP contribution in [0, 0.1) is 17.6 Å². The number of ether oxygens (including phenoxy) is 1. The lowest BCUT2D eigenvalue weighted by molar-refractivity contribution is -0.159. The number of rotatable bonds is 8. The lowest BCUT2D eigenvalue weighted by Gasteiger charge is -2.25. The summed E-state index contributed by atoms with van der Waals surface area (Å²) in [6, 6.07) is 11.0. The molecule has 0 saturated heterocycles. The Kier molecular flexibility index (Phi) is 8.46. The second-order valence-corrected chi connectivity index (χ2v) is 8.50. The molecule has 2 amide bonds. The molecule has 2 rings (SSSR count). The van der Waals surface area contributed by atoms with Crippen molar-refractivity contribution in [3.05, 3.63) is 71.3 Å². The van der Waals surface area contributed by atoms with E-state index in [2.05, 4.69) is 10.6 Å². The maximum Gasteiger partial charge on any atom is 0.329 e.